The lowest BCUT2D eigenvalue weighted by Crippen LogP contribution is -2.29. The van der Waals surface area contributed by atoms with Gasteiger partial charge in [0.15, 0.2) is 0 Å². The highest BCUT2D eigenvalue weighted by Gasteiger charge is 2.17. The molecule has 0 amide bonds. The Morgan fingerprint density at radius 2 is 1.89 bits per heavy atom. The molecule has 2 aromatic carbocycles. The molecule has 0 aliphatic heterocycles. The Morgan fingerprint density at radius 1 is 1.16 bits per heavy atom. The number of hydrazine groups is 1. The van der Waals surface area contributed by atoms with Gasteiger partial charge in [0, 0.05) is 10.0 Å². The summed E-state index contributed by atoms with van der Waals surface area (Å²) >= 11 is 15.2. The molecule has 1 atom stereocenters. The van der Waals surface area contributed by atoms with Crippen LogP contribution in [0.3, 0.4) is 0 Å². The molecular formula is C13H10BrCl2FN2. The molecule has 1 unspecified atom stereocenters. The van der Waals surface area contributed by atoms with E-state index >= 15 is 0 Å². The monoisotopic (exact) mass is 362 g/mol. The largest absolute Gasteiger partial charge is 0.271 e. The van der Waals surface area contributed by atoms with Crippen molar-refractivity contribution in [2.24, 2.45) is 5.84 Å². The second-order valence-corrected chi connectivity index (χ2v) is 5.64. The Labute approximate surface area is 128 Å². The van der Waals surface area contributed by atoms with Crippen molar-refractivity contribution in [2.45, 2.75) is 6.04 Å². The normalized spacial score (nSPS) is 12.5. The van der Waals surface area contributed by atoms with E-state index in [2.05, 4.69) is 21.4 Å². The van der Waals surface area contributed by atoms with Gasteiger partial charge in [-0.05, 0) is 57.4 Å². The minimum absolute atomic E-state index is 0.365. The summed E-state index contributed by atoms with van der Waals surface area (Å²) in [5, 5.41) is 1.05. The van der Waals surface area contributed by atoms with Crippen LogP contribution < -0.4 is 11.3 Å². The lowest BCUT2D eigenvalue weighted by atomic mass is 9.99. The van der Waals surface area contributed by atoms with Crippen LogP contribution in [0.5, 0.6) is 0 Å². The van der Waals surface area contributed by atoms with Crippen LogP contribution in [0.25, 0.3) is 0 Å². The SMILES string of the molecule is NNC(c1ccc(Br)c(F)c1)c1cc(Cl)ccc1Cl. The standard InChI is InChI=1S/C13H10BrCl2FN2/c14-10-3-1-7(5-12(10)17)13(19-18)9-6-8(15)2-4-11(9)16/h1-6,13,19H,18H2. The molecule has 2 nitrogen and oxygen atoms in total. The number of halogens is 4. The zero-order valence-electron chi connectivity index (χ0n) is 9.63. The lowest BCUT2D eigenvalue weighted by molar-refractivity contribution is 0.601. The summed E-state index contributed by atoms with van der Waals surface area (Å²) in [6.45, 7) is 0. The zero-order chi connectivity index (χ0) is 14.0. The Hall–Kier alpha value is -0.650. The van der Waals surface area contributed by atoms with Crippen LogP contribution in [0.1, 0.15) is 17.2 Å². The minimum Gasteiger partial charge on any atom is -0.271 e. The number of nitrogens with one attached hydrogen (secondary N) is 1. The summed E-state index contributed by atoms with van der Waals surface area (Å²) in [6, 6.07) is 9.40. The maximum Gasteiger partial charge on any atom is 0.137 e. The first-order valence-corrected chi connectivity index (χ1v) is 6.94. The van der Waals surface area contributed by atoms with Gasteiger partial charge < -0.3 is 0 Å². The fraction of sp³-hybridized carbons (Fsp3) is 0.0769. The van der Waals surface area contributed by atoms with E-state index in [4.69, 9.17) is 29.0 Å². The van der Waals surface area contributed by atoms with E-state index in [-0.39, 0.29) is 5.82 Å². The molecule has 19 heavy (non-hydrogen) atoms. The van der Waals surface area contributed by atoms with E-state index in [1.165, 1.54) is 6.07 Å². The molecule has 2 rings (SSSR count). The van der Waals surface area contributed by atoms with Gasteiger partial charge in [0.25, 0.3) is 0 Å². The summed E-state index contributed by atoms with van der Waals surface area (Å²) in [7, 11) is 0. The predicted octanol–water partition coefficient (Wildman–Crippen LogP) is 4.45. The highest BCUT2D eigenvalue weighted by Crippen LogP contribution is 2.31. The molecule has 0 fully saturated rings. The van der Waals surface area contributed by atoms with Gasteiger partial charge in [0.05, 0.1) is 10.5 Å². The van der Waals surface area contributed by atoms with Gasteiger partial charge in [-0.1, -0.05) is 29.3 Å². The molecule has 0 bridgehead atoms. The van der Waals surface area contributed by atoms with Crippen molar-refractivity contribution in [3.63, 3.8) is 0 Å². The molecule has 3 N–H and O–H groups in total. The van der Waals surface area contributed by atoms with E-state index in [0.29, 0.717) is 25.6 Å². The first-order chi connectivity index (χ1) is 9.02. The molecule has 0 aromatic heterocycles. The fourth-order valence-electron chi connectivity index (χ4n) is 1.79. The predicted molar refractivity (Wildman–Crippen MR) is 79.7 cm³/mol. The van der Waals surface area contributed by atoms with Crippen LogP contribution in [0, 0.1) is 5.82 Å². The maximum absolute atomic E-state index is 13.6. The van der Waals surface area contributed by atoms with Gasteiger partial charge in [-0.2, -0.15) is 0 Å². The van der Waals surface area contributed by atoms with Gasteiger partial charge in [-0.25, -0.2) is 9.82 Å². The van der Waals surface area contributed by atoms with Crippen LogP contribution in [0.15, 0.2) is 40.9 Å². The van der Waals surface area contributed by atoms with E-state index in [9.17, 15) is 4.39 Å². The molecule has 0 spiro atoms. The first kappa shape index (κ1) is 14.8. The number of hydrogen-bond acceptors (Lipinski definition) is 2. The highest BCUT2D eigenvalue weighted by molar-refractivity contribution is 9.10. The highest BCUT2D eigenvalue weighted by atomic mass is 79.9. The van der Waals surface area contributed by atoms with E-state index in [1.54, 1.807) is 30.3 Å². The van der Waals surface area contributed by atoms with Crippen molar-refractivity contribution >= 4 is 39.1 Å². The third-order valence-electron chi connectivity index (χ3n) is 2.71. The van der Waals surface area contributed by atoms with Crippen LogP contribution in [0.4, 0.5) is 4.39 Å². The van der Waals surface area contributed by atoms with Crippen molar-refractivity contribution in [3.05, 3.63) is 67.9 Å². The van der Waals surface area contributed by atoms with Crippen molar-refractivity contribution in [3.8, 4) is 0 Å². The maximum atomic E-state index is 13.6. The zero-order valence-corrected chi connectivity index (χ0v) is 12.7. The van der Waals surface area contributed by atoms with Crippen molar-refractivity contribution in [1.29, 1.82) is 0 Å². The van der Waals surface area contributed by atoms with E-state index in [0.717, 1.165) is 0 Å². The second-order valence-electron chi connectivity index (χ2n) is 3.94. The van der Waals surface area contributed by atoms with E-state index in [1.807, 2.05) is 0 Å². The topological polar surface area (TPSA) is 38.0 Å². The van der Waals surface area contributed by atoms with Crippen molar-refractivity contribution in [2.75, 3.05) is 0 Å². The third-order valence-corrected chi connectivity index (χ3v) is 3.94. The van der Waals surface area contributed by atoms with Crippen LogP contribution in [-0.4, -0.2) is 0 Å². The summed E-state index contributed by atoms with van der Waals surface area (Å²) in [5.41, 5.74) is 3.98. The molecule has 0 saturated carbocycles. The molecule has 2 aromatic rings. The molecule has 6 heteroatoms. The average molecular weight is 364 g/mol. The fourth-order valence-corrected chi connectivity index (χ4v) is 2.45. The van der Waals surface area contributed by atoms with Gasteiger partial charge in [0.1, 0.15) is 5.82 Å². The molecule has 0 heterocycles. The smallest absolute Gasteiger partial charge is 0.137 e. The second kappa shape index (κ2) is 6.20. The van der Waals surface area contributed by atoms with Gasteiger partial charge in [-0.3, -0.25) is 5.84 Å². The number of hydrogen-bond donors (Lipinski definition) is 2. The van der Waals surface area contributed by atoms with E-state index < -0.39 is 6.04 Å². The Balaban J connectivity index is 2.49. The molecular weight excluding hydrogens is 354 g/mol. The van der Waals surface area contributed by atoms with Gasteiger partial charge in [-0.15, -0.1) is 0 Å². The Bertz CT molecular complexity index is 607. The lowest BCUT2D eigenvalue weighted by Gasteiger charge is -2.18. The molecule has 100 valence electrons. The number of nitrogens with two attached hydrogens (primary N) is 1. The molecule has 0 aliphatic carbocycles. The summed E-state index contributed by atoms with van der Waals surface area (Å²) in [4.78, 5) is 0. The van der Waals surface area contributed by atoms with Gasteiger partial charge >= 0.3 is 0 Å². The quantitative estimate of drug-likeness (QED) is 0.624. The molecule has 0 aliphatic rings. The number of benzene rings is 2. The summed E-state index contributed by atoms with van der Waals surface area (Å²) in [6.07, 6.45) is 0. The first-order valence-electron chi connectivity index (χ1n) is 5.39. The van der Waals surface area contributed by atoms with Crippen LogP contribution >= 0.6 is 39.1 Å². The number of rotatable bonds is 3. The van der Waals surface area contributed by atoms with Crippen LogP contribution in [-0.2, 0) is 0 Å². The minimum atomic E-state index is -0.436. The Morgan fingerprint density at radius 3 is 2.53 bits per heavy atom. The summed E-state index contributed by atoms with van der Waals surface area (Å²) < 4.78 is 14.0. The third kappa shape index (κ3) is 3.27. The molecule has 0 radical (unpaired) electrons. The average Bonchev–Trinajstić information content (AvgIpc) is 2.38. The van der Waals surface area contributed by atoms with Gasteiger partial charge in [0.2, 0.25) is 0 Å². The van der Waals surface area contributed by atoms with Crippen molar-refractivity contribution < 1.29 is 4.39 Å². The summed E-state index contributed by atoms with van der Waals surface area (Å²) in [5.74, 6) is 5.19. The Kier molecular flexibility index (Phi) is 4.81. The van der Waals surface area contributed by atoms with Crippen molar-refractivity contribution in [1.82, 2.24) is 5.43 Å². The molecule has 0 saturated heterocycles. The van der Waals surface area contributed by atoms with Crippen LogP contribution in [0.2, 0.25) is 10.0 Å².